The number of nitrogens with one attached hydrogen (secondary N) is 2. The molecule has 1 saturated carbocycles. The number of amides is 1. The number of hydrogen-bond acceptors (Lipinski definition) is 4. The summed E-state index contributed by atoms with van der Waals surface area (Å²) in [6.07, 6.45) is 8.60. The zero-order chi connectivity index (χ0) is 16.8. The van der Waals surface area contributed by atoms with Crippen molar-refractivity contribution in [2.75, 3.05) is 45.8 Å². The Bertz CT molecular complexity index is 394. The number of piperazine rings is 1. The van der Waals surface area contributed by atoms with Crippen LogP contribution in [-0.2, 0) is 4.79 Å². The van der Waals surface area contributed by atoms with Crippen molar-refractivity contribution >= 4 is 43.1 Å². The van der Waals surface area contributed by atoms with Crippen LogP contribution in [-0.4, -0.2) is 73.6 Å². The fourth-order valence-electron chi connectivity index (χ4n) is 4.65. The molecule has 0 aromatic rings. The van der Waals surface area contributed by atoms with Crippen LogP contribution in [0.2, 0.25) is 0 Å². The standard InChI is InChI=1S/C19H36N4O.3ClH/c1-2-22-11-13-23(14-12-22)10-6-5-9-20-19(24)18-15-16-7-3-4-8-17(16)21-18;;;/h16-18,21H,2-15H2,1H3,(H,20,24);3*1H. The van der Waals surface area contributed by atoms with Gasteiger partial charge in [0.05, 0.1) is 6.04 Å². The maximum atomic E-state index is 12.3. The van der Waals surface area contributed by atoms with E-state index in [1.165, 1.54) is 71.4 Å². The fourth-order valence-corrected chi connectivity index (χ4v) is 4.65. The largest absolute Gasteiger partial charge is 0.355 e. The molecule has 1 aliphatic carbocycles. The number of likely N-dealkylation sites (N-methyl/N-ethyl adjacent to an activating group) is 1. The van der Waals surface area contributed by atoms with Crippen LogP contribution in [0.1, 0.15) is 51.9 Å². The summed E-state index contributed by atoms with van der Waals surface area (Å²) < 4.78 is 0. The summed E-state index contributed by atoms with van der Waals surface area (Å²) in [6, 6.07) is 0.677. The summed E-state index contributed by atoms with van der Waals surface area (Å²) in [5, 5.41) is 6.73. The minimum absolute atomic E-state index is 0. The monoisotopic (exact) mass is 444 g/mol. The molecule has 3 aliphatic rings. The van der Waals surface area contributed by atoms with Crippen LogP contribution in [0.3, 0.4) is 0 Å². The highest BCUT2D eigenvalue weighted by atomic mass is 35.5. The molecular formula is C19H39Cl3N4O. The van der Waals surface area contributed by atoms with E-state index in [0.717, 1.165) is 25.3 Å². The molecule has 0 radical (unpaired) electrons. The van der Waals surface area contributed by atoms with Gasteiger partial charge in [0.1, 0.15) is 0 Å². The highest BCUT2D eigenvalue weighted by Gasteiger charge is 2.37. The number of carbonyl (C=O) groups is 1. The SMILES string of the molecule is CCN1CCN(CCCCNC(=O)C2CC3CCCCC3N2)CC1.Cl.Cl.Cl. The van der Waals surface area contributed by atoms with Gasteiger partial charge in [-0.25, -0.2) is 0 Å². The maximum Gasteiger partial charge on any atom is 0.237 e. The van der Waals surface area contributed by atoms with Crippen molar-refractivity contribution in [2.24, 2.45) is 5.92 Å². The second-order valence-electron chi connectivity index (χ2n) is 7.88. The smallest absolute Gasteiger partial charge is 0.237 e. The molecule has 5 nitrogen and oxygen atoms in total. The maximum absolute atomic E-state index is 12.3. The van der Waals surface area contributed by atoms with Crippen LogP contribution < -0.4 is 10.6 Å². The minimum Gasteiger partial charge on any atom is -0.355 e. The van der Waals surface area contributed by atoms with E-state index in [4.69, 9.17) is 0 Å². The van der Waals surface area contributed by atoms with Crippen molar-refractivity contribution < 1.29 is 4.79 Å². The van der Waals surface area contributed by atoms with E-state index in [0.29, 0.717) is 6.04 Å². The molecule has 8 heteroatoms. The number of carbonyl (C=O) groups excluding carboxylic acids is 1. The lowest BCUT2D eigenvalue weighted by molar-refractivity contribution is -0.122. The van der Waals surface area contributed by atoms with E-state index >= 15 is 0 Å². The van der Waals surface area contributed by atoms with Crippen LogP contribution in [0.25, 0.3) is 0 Å². The number of fused-ring (bicyclic) bond motifs is 1. The molecule has 2 aliphatic heterocycles. The summed E-state index contributed by atoms with van der Waals surface area (Å²) in [5.74, 6) is 0.984. The Morgan fingerprint density at radius 1 is 1.00 bits per heavy atom. The molecule has 2 N–H and O–H groups in total. The van der Waals surface area contributed by atoms with E-state index in [1.54, 1.807) is 0 Å². The van der Waals surface area contributed by atoms with Gasteiger partial charge in [-0.05, 0) is 51.1 Å². The van der Waals surface area contributed by atoms with Crippen molar-refractivity contribution in [1.29, 1.82) is 0 Å². The summed E-state index contributed by atoms with van der Waals surface area (Å²) in [6.45, 7) is 10.3. The van der Waals surface area contributed by atoms with E-state index in [1.807, 2.05) is 0 Å². The molecule has 27 heavy (non-hydrogen) atoms. The van der Waals surface area contributed by atoms with Crippen LogP contribution in [0.15, 0.2) is 0 Å². The van der Waals surface area contributed by atoms with Gasteiger partial charge in [0.15, 0.2) is 0 Å². The third kappa shape index (κ3) is 8.23. The Labute approximate surface area is 184 Å². The van der Waals surface area contributed by atoms with Crippen molar-refractivity contribution in [3.8, 4) is 0 Å². The number of rotatable bonds is 7. The molecule has 0 bridgehead atoms. The predicted molar refractivity (Wildman–Crippen MR) is 120 cm³/mol. The normalized spacial score (nSPS) is 28.3. The first-order valence-electron chi connectivity index (χ1n) is 10.2. The molecule has 3 atom stereocenters. The second kappa shape index (κ2) is 14.2. The number of unbranched alkanes of at least 4 members (excludes halogenated alkanes) is 1. The predicted octanol–water partition coefficient (Wildman–Crippen LogP) is 2.71. The van der Waals surface area contributed by atoms with Crippen LogP contribution >= 0.6 is 37.2 Å². The van der Waals surface area contributed by atoms with Crippen LogP contribution in [0, 0.1) is 5.92 Å². The van der Waals surface area contributed by atoms with E-state index in [9.17, 15) is 4.79 Å². The van der Waals surface area contributed by atoms with E-state index < -0.39 is 0 Å². The molecule has 1 amide bonds. The molecule has 0 aromatic heterocycles. The molecule has 2 heterocycles. The quantitative estimate of drug-likeness (QED) is 0.592. The van der Waals surface area contributed by atoms with Gasteiger partial charge in [0.25, 0.3) is 0 Å². The summed E-state index contributed by atoms with van der Waals surface area (Å²) in [5.41, 5.74) is 0. The Hall–Kier alpha value is 0.220. The molecule has 0 aromatic carbocycles. The average Bonchev–Trinajstić information content (AvgIpc) is 3.06. The molecule has 0 spiro atoms. The van der Waals surface area contributed by atoms with Crippen molar-refractivity contribution in [3.63, 3.8) is 0 Å². The zero-order valence-corrected chi connectivity index (χ0v) is 19.1. The van der Waals surface area contributed by atoms with Gasteiger partial charge in [-0.15, -0.1) is 37.2 Å². The van der Waals surface area contributed by atoms with Gasteiger partial charge in [-0.3, -0.25) is 4.79 Å². The fraction of sp³-hybridized carbons (Fsp3) is 0.947. The van der Waals surface area contributed by atoms with Crippen molar-refractivity contribution in [2.45, 2.75) is 64.0 Å². The highest BCUT2D eigenvalue weighted by molar-refractivity contribution is 5.86. The third-order valence-electron chi connectivity index (χ3n) is 6.29. The van der Waals surface area contributed by atoms with E-state index in [-0.39, 0.29) is 49.2 Å². The molecular weight excluding hydrogens is 407 g/mol. The summed E-state index contributed by atoms with van der Waals surface area (Å²) in [4.78, 5) is 17.4. The summed E-state index contributed by atoms with van der Waals surface area (Å²) in [7, 11) is 0. The van der Waals surface area contributed by atoms with Crippen LogP contribution in [0.5, 0.6) is 0 Å². The number of nitrogens with zero attached hydrogens (tertiary/aromatic N) is 2. The van der Waals surface area contributed by atoms with Gasteiger partial charge >= 0.3 is 0 Å². The van der Waals surface area contributed by atoms with Crippen molar-refractivity contribution in [1.82, 2.24) is 20.4 Å². The Morgan fingerprint density at radius 2 is 1.67 bits per heavy atom. The lowest BCUT2D eigenvalue weighted by Crippen LogP contribution is -2.46. The third-order valence-corrected chi connectivity index (χ3v) is 6.29. The highest BCUT2D eigenvalue weighted by Crippen LogP contribution is 2.33. The minimum atomic E-state index is 0. The lowest BCUT2D eigenvalue weighted by atomic mass is 9.85. The van der Waals surface area contributed by atoms with Gasteiger partial charge in [-0.2, -0.15) is 0 Å². The first-order chi connectivity index (χ1) is 11.8. The molecule has 3 fully saturated rings. The second-order valence-corrected chi connectivity index (χ2v) is 7.88. The zero-order valence-electron chi connectivity index (χ0n) is 16.7. The molecule has 3 rings (SSSR count). The van der Waals surface area contributed by atoms with Crippen LogP contribution in [0.4, 0.5) is 0 Å². The Balaban J connectivity index is 0.00000225. The Morgan fingerprint density at radius 3 is 2.33 bits per heavy atom. The lowest BCUT2D eigenvalue weighted by Gasteiger charge is -2.34. The van der Waals surface area contributed by atoms with Gasteiger partial charge in [-0.1, -0.05) is 19.8 Å². The van der Waals surface area contributed by atoms with Gasteiger partial charge in [0.2, 0.25) is 5.91 Å². The first kappa shape index (κ1) is 27.2. The summed E-state index contributed by atoms with van der Waals surface area (Å²) >= 11 is 0. The Kier molecular flexibility index (Phi) is 14.4. The topological polar surface area (TPSA) is 47.6 Å². The average molecular weight is 446 g/mol. The van der Waals surface area contributed by atoms with E-state index in [2.05, 4.69) is 27.4 Å². The van der Waals surface area contributed by atoms with Gasteiger partial charge in [0, 0.05) is 38.8 Å². The van der Waals surface area contributed by atoms with Crippen molar-refractivity contribution in [3.05, 3.63) is 0 Å². The number of hydrogen-bond donors (Lipinski definition) is 2. The van der Waals surface area contributed by atoms with Gasteiger partial charge < -0.3 is 20.4 Å². The molecule has 162 valence electrons. The molecule has 2 saturated heterocycles. The first-order valence-corrected chi connectivity index (χ1v) is 10.2. The molecule has 3 unspecified atom stereocenters. The number of halogens is 3.